The van der Waals surface area contributed by atoms with E-state index in [-0.39, 0.29) is 23.4 Å². The van der Waals surface area contributed by atoms with Crippen molar-refractivity contribution in [2.75, 3.05) is 6.54 Å². The van der Waals surface area contributed by atoms with Crippen LogP contribution >= 0.6 is 11.3 Å². The van der Waals surface area contributed by atoms with Crippen LogP contribution < -0.4 is 5.56 Å². The molecule has 0 fully saturated rings. The quantitative estimate of drug-likeness (QED) is 0.549. The Kier molecular flexibility index (Phi) is 4.54. The number of rotatable bonds is 4. The zero-order valence-corrected chi connectivity index (χ0v) is 15.0. The van der Waals surface area contributed by atoms with Crippen LogP contribution in [-0.4, -0.2) is 26.3 Å². The van der Waals surface area contributed by atoms with Crippen molar-refractivity contribution in [3.05, 3.63) is 78.8 Å². The molecule has 0 atom stereocenters. The minimum Gasteiger partial charge on any atom is -0.306 e. The highest BCUT2D eigenvalue weighted by atomic mass is 32.1. The zero-order chi connectivity index (χ0) is 19.0. The summed E-state index contributed by atoms with van der Waals surface area (Å²) in [5, 5.41) is 12.8. The number of benzene rings is 1. The second kappa shape index (κ2) is 7.01. The van der Waals surface area contributed by atoms with Crippen molar-refractivity contribution in [1.29, 1.82) is 0 Å². The first-order chi connectivity index (χ1) is 13.0. The third kappa shape index (κ3) is 3.51. The molecule has 9 heteroatoms. The van der Waals surface area contributed by atoms with E-state index in [2.05, 4.69) is 9.97 Å². The average molecular weight is 386 g/mol. The smallest absolute Gasteiger partial charge is 0.269 e. The van der Waals surface area contributed by atoms with Crippen LogP contribution in [0.25, 0.3) is 10.7 Å². The fourth-order valence-corrected chi connectivity index (χ4v) is 3.85. The highest BCUT2D eigenvalue weighted by Gasteiger charge is 2.23. The highest BCUT2D eigenvalue weighted by Crippen LogP contribution is 2.24. The summed E-state index contributed by atoms with van der Waals surface area (Å²) in [5.74, 6) is 0.0680. The molecule has 27 heavy (non-hydrogen) atoms. The SMILES string of the molecule is O=c1[nH]c(-c2cccs2)nc2c1CN(Cc1cc([N+](=O)[O-])ccc1F)CC2. The molecular formula is C18H15FN4O3S. The number of thiophene rings is 1. The van der Waals surface area contributed by atoms with Crippen LogP contribution in [0, 0.1) is 15.9 Å². The van der Waals surface area contributed by atoms with Gasteiger partial charge in [-0.25, -0.2) is 9.37 Å². The van der Waals surface area contributed by atoms with Crippen molar-refractivity contribution in [3.8, 4) is 10.7 Å². The highest BCUT2D eigenvalue weighted by molar-refractivity contribution is 7.13. The molecule has 1 aromatic carbocycles. The first kappa shape index (κ1) is 17.5. The minimum atomic E-state index is -0.546. The molecule has 2 aromatic heterocycles. The molecular weight excluding hydrogens is 371 g/mol. The van der Waals surface area contributed by atoms with Gasteiger partial charge >= 0.3 is 0 Å². The summed E-state index contributed by atoms with van der Waals surface area (Å²) in [6.07, 6.45) is 0.564. The monoisotopic (exact) mass is 386 g/mol. The Hall–Kier alpha value is -2.91. The second-order valence-corrected chi connectivity index (χ2v) is 7.26. The van der Waals surface area contributed by atoms with E-state index in [4.69, 9.17) is 0 Å². The molecule has 0 unspecified atom stereocenters. The summed E-state index contributed by atoms with van der Waals surface area (Å²) < 4.78 is 14.0. The number of nitrogens with zero attached hydrogens (tertiary/aromatic N) is 3. The number of nitrogens with one attached hydrogen (secondary N) is 1. The van der Waals surface area contributed by atoms with Gasteiger partial charge in [0.1, 0.15) is 5.82 Å². The van der Waals surface area contributed by atoms with Gasteiger partial charge in [-0.3, -0.25) is 19.8 Å². The molecule has 0 saturated heterocycles. The Balaban J connectivity index is 1.58. The summed E-state index contributed by atoms with van der Waals surface area (Å²) in [7, 11) is 0. The van der Waals surface area contributed by atoms with Gasteiger partial charge in [-0.2, -0.15) is 0 Å². The lowest BCUT2D eigenvalue weighted by molar-refractivity contribution is -0.385. The van der Waals surface area contributed by atoms with Gasteiger partial charge in [0.15, 0.2) is 5.82 Å². The maximum absolute atomic E-state index is 14.0. The Labute approximate surface area is 157 Å². The van der Waals surface area contributed by atoms with Gasteiger partial charge in [-0.1, -0.05) is 6.07 Å². The summed E-state index contributed by atoms with van der Waals surface area (Å²) in [5.41, 5.74) is 1.20. The van der Waals surface area contributed by atoms with Crippen LogP contribution in [0.1, 0.15) is 16.8 Å². The van der Waals surface area contributed by atoms with E-state index in [0.717, 1.165) is 22.7 Å². The minimum absolute atomic E-state index is 0.149. The van der Waals surface area contributed by atoms with Crippen LogP contribution in [0.2, 0.25) is 0 Å². The lowest BCUT2D eigenvalue weighted by Gasteiger charge is -2.27. The molecule has 7 nitrogen and oxygen atoms in total. The number of aromatic amines is 1. The number of fused-ring (bicyclic) bond motifs is 1. The first-order valence-electron chi connectivity index (χ1n) is 8.32. The zero-order valence-electron chi connectivity index (χ0n) is 14.1. The molecule has 3 aromatic rings. The molecule has 138 valence electrons. The van der Waals surface area contributed by atoms with Crippen molar-refractivity contribution in [2.24, 2.45) is 0 Å². The topological polar surface area (TPSA) is 92.1 Å². The molecule has 1 aliphatic heterocycles. The lowest BCUT2D eigenvalue weighted by Crippen LogP contribution is -2.35. The van der Waals surface area contributed by atoms with Crippen LogP contribution in [0.15, 0.2) is 40.5 Å². The first-order valence-corrected chi connectivity index (χ1v) is 9.20. The maximum Gasteiger partial charge on any atom is 0.269 e. The molecule has 3 heterocycles. The molecule has 0 aliphatic carbocycles. The second-order valence-electron chi connectivity index (χ2n) is 6.31. The molecule has 1 N–H and O–H groups in total. The van der Waals surface area contributed by atoms with Crippen molar-refractivity contribution in [3.63, 3.8) is 0 Å². The molecule has 0 spiro atoms. The number of nitro benzene ring substituents is 1. The van der Waals surface area contributed by atoms with Crippen molar-refractivity contribution in [2.45, 2.75) is 19.5 Å². The third-order valence-corrected chi connectivity index (χ3v) is 5.41. The third-order valence-electron chi connectivity index (χ3n) is 4.54. The van der Waals surface area contributed by atoms with E-state index >= 15 is 0 Å². The van der Waals surface area contributed by atoms with E-state index in [1.807, 2.05) is 22.4 Å². The van der Waals surface area contributed by atoms with Gasteiger partial charge in [0.2, 0.25) is 0 Å². The van der Waals surface area contributed by atoms with Crippen LogP contribution in [-0.2, 0) is 19.5 Å². The molecule has 0 bridgehead atoms. The number of hydrogen-bond acceptors (Lipinski definition) is 6. The molecule has 0 amide bonds. The van der Waals surface area contributed by atoms with Gasteiger partial charge in [0, 0.05) is 43.8 Å². The van der Waals surface area contributed by atoms with E-state index in [0.29, 0.717) is 30.9 Å². The van der Waals surface area contributed by atoms with E-state index in [9.17, 15) is 19.3 Å². The van der Waals surface area contributed by atoms with E-state index in [1.54, 1.807) is 0 Å². The molecule has 1 aliphatic rings. The number of halogens is 1. The Bertz CT molecular complexity index is 1060. The maximum atomic E-state index is 14.0. The molecule has 4 rings (SSSR count). The predicted octanol–water partition coefficient (Wildman–Crippen LogP) is 3.10. The molecule has 0 radical (unpaired) electrons. The summed E-state index contributed by atoms with van der Waals surface area (Å²) in [6.45, 7) is 1.11. The van der Waals surface area contributed by atoms with Crippen LogP contribution in [0.3, 0.4) is 0 Å². The standard InChI is InChI=1S/C18H15FN4O3S/c19-14-4-3-12(23(25)26)8-11(14)9-22-6-5-15-13(10-22)18(24)21-17(20-15)16-2-1-7-27-16/h1-4,7-8H,5-6,9-10H2,(H,20,21,24). The summed E-state index contributed by atoms with van der Waals surface area (Å²) >= 11 is 1.50. The van der Waals surface area contributed by atoms with Gasteiger partial charge < -0.3 is 4.98 Å². The Morgan fingerprint density at radius 1 is 1.37 bits per heavy atom. The van der Waals surface area contributed by atoms with Crippen LogP contribution in [0.4, 0.5) is 10.1 Å². The van der Waals surface area contributed by atoms with Gasteiger partial charge in [0.25, 0.3) is 11.2 Å². The van der Waals surface area contributed by atoms with Crippen molar-refractivity contribution in [1.82, 2.24) is 14.9 Å². The van der Waals surface area contributed by atoms with Gasteiger partial charge in [0.05, 0.1) is 21.1 Å². The van der Waals surface area contributed by atoms with E-state index in [1.165, 1.54) is 17.4 Å². The summed E-state index contributed by atoms with van der Waals surface area (Å²) in [4.78, 5) is 33.1. The van der Waals surface area contributed by atoms with E-state index < -0.39 is 10.7 Å². The fourth-order valence-electron chi connectivity index (χ4n) is 3.18. The Morgan fingerprint density at radius 3 is 2.96 bits per heavy atom. The molecule has 0 saturated carbocycles. The van der Waals surface area contributed by atoms with Crippen LogP contribution in [0.5, 0.6) is 0 Å². The summed E-state index contributed by atoms with van der Waals surface area (Å²) in [6, 6.07) is 7.29. The number of hydrogen-bond donors (Lipinski definition) is 1. The normalized spacial score (nSPS) is 14.1. The lowest BCUT2D eigenvalue weighted by atomic mass is 10.1. The van der Waals surface area contributed by atoms with Crippen molar-refractivity contribution < 1.29 is 9.31 Å². The van der Waals surface area contributed by atoms with Gasteiger partial charge in [-0.05, 0) is 17.5 Å². The predicted molar refractivity (Wildman–Crippen MR) is 99.0 cm³/mol. The van der Waals surface area contributed by atoms with Crippen molar-refractivity contribution >= 4 is 17.0 Å². The number of non-ortho nitro benzene ring substituents is 1. The number of aromatic nitrogens is 2. The fraction of sp³-hybridized carbons (Fsp3) is 0.222. The number of nitro groups is 1. The number of H-pyrrole nitrogens is 1. The van der Waals surface area contributed by atoms with Gasteiger partial charge in [-0.15, -0.1) is 11.3 Å². The average Bonchev–Trinajstić information content (AvgIpc) is 3.18. The Morgan fingerprint density at radius 2 is 2.22 bits per heavy atom. The largest absolute Gasteiger partial charge is 0.306 e.